The second kappa shape index (κ2) is 6.69. The highest BCUT2D eigenvalue weighted by Gasteiger charge is 2.06. The first kappa shape index (κ1) is 13.3. The lowest BCUT2D eigenvalue weighted by Crippen LogP contribution is -2.30. The zero-order valence-electron chi connectivity index (χ0n) is 10.6. The van der Waals surface area contributed by atoms with Crippen LogP contribution >= 0.6 is 11.3 Å². The fraction of sp³-hybridized carbons (Fsp3) is 0.333. The van der Waals surface area contributed by atoms with Gasteiger partial charge in [-0.25, -0.2) is 0 Å². The van der Waals surface area contributed by atoms with Gasteiger partial charge in [-0.2, -0.15) is 0 Å². The molecule has 0 bridgehead atoms. The second-order valence-electron chi connectivity index (χ2n) is 4.34. The molecule has 2 N–H and O–H groups in total. The summed E-state index contributed by atoms with van der Waals surface area (Å²) in [6.07, 6.45) is 0.952. The van der Waals surface area contributed by atoms with E-state index in [0.717, 1.165) is 13.0 Å². The largest absolute Gasteiger partial charge is 0.395 e. The number of aliphatic hydroxyl groups is 1. The van der Waals surface area contributed by atoms with Gasteiger partial charge in [-0.1, -0.05) is 37.3 Å². The van der Waals surface area contributed by atoms with E-state index in [1.165, 1.54) is 16.0 Å². The summed E-state index contributed by atoms with van der Waals surface area (Å²) in [6.45, 7) is 3.11. The Kier molecular flexibility index (Phi) is 4.93. The van der Waals surface area contributed by atoms with Gasteiger partial charge in [-0.15, -0.1) is 11.3 Å². The highest BCUT2D eigenvalue weighted by Crippen LogP contribution is 2.25. The normalized spacial score (nSPS) is 12.6. The average molecular weight is 261 g/mol. The molecule has 1 atom stereocenters. The van der Waals surface area contributed by atoms with Gasteiger partial charge in [0.25, 0.3) is 0 Å². The third-order valence-electron chi connectivity index (χ3n) is 3.04. The van der Waals surface area contributed by atoms with Crippen LogP contribution in [0.1, 0.15) is 18.2 Å². The standard InChI is InChI=1S/C15H19NOS/c1-2-14(10-17)16-9-15-8-13(11-18-15)12-6-4-3-5-7-12/h3-8,11,14,16-17H,2,9-10H2,1H3/t14-/m1/s1. The molecule has 0 fully saturated rings. The summed E-state index contributed by atoms with van der Waals surface area (Å²) in [5.74, 6) is 0. The number of aliphatic hydroxyl groups excluding tert-OH is 1. The molecule has 0 spiro atoms. The van der Waals surface area contributed by atoms with Gasteiger partial charge in [-0.3, -0.25) is 0 Å². The van der Waals surface area contributed by atoms with Crippen LogP contribution in [0.15, 0.2) is 41.8 Å². The summed E-state index contributed by atoms with van der Waals surface area (Å²) < 4.78 is 0. The Balaban J connectivity index is 1.98. The quantitative estimate of drug-likeness (QED) is 0.836. The third kappa shape index (κ3) is 3.42. The Bertz CT molecular complexity index is 462. The van der Waals surface area contributed by atoms with Gasteiger partial charge >= 0.3 is 0 Å². The van der Waals surface area contributed by atoms with Gasteiger partial charge in [0.2, 0.25) is 0 Å². The number of hydrogen-bond acceptors (Lipinski definition) is 3. The third-order valence-corrected chi connectivity index (χ3v) is 3.98. The van der Waals surface area contributed by atoms with Crippen LogP contribution in [0, 0.1) is 0 Å². The Hall–Kier alpha value is -1.16. The molecule has 2 aromatic rings. The van der Waals surface area contributed by atoms with Gasteiger partial charge in [-0.05, 0) is 29.0 Å². The maximum atomic E-state index is 9.13. The van der Waals surface area contributed by atoms with E-state index in [9.17, 15) is 0 Å². The second-order valence-corrected chi connectivity index (χ2v) is 5.33. The van der Waals surface area contributed by atoms with E-state index >= 15 is 0 Å². The molecule has 3 heteroatoms. The first-order valence-electron chi connectivity index (χ1n) is 6.30. The van der Waals surface area contributed by atoms with Crippen LogP contribution in [0.25, 0.3) is 11.1 Å². The zero-order valence-corrected chi connectivity index (χ0v) is 11.4. The molecule has 0 saturated carbocycles. The number of nitrogens with one attached hydrogen (secondary N) is 1. The van der Waals surface area contributed by atoms with Crippen molar-refractivity contribution < 1.29 is 5.11 Å². The minimum atomic E-state index is 0.201. The summed E-state index contributed by atoms with van der Waals surface area (Å²) >= 11 is 1.76. The van der Waals surface area contributed by atoms with Gasteiger partial charge in [0, 0.05) is 17.5 Å². The number of hydrogen-bond donors (Lipinski definition) is 2. The lowest BCUT2D eigenvalue weighted by Gasteiger charge is -2.12. The molecule has 1 aromatic carbocycles. The summed E-state index contributed by atoms with van der Waals surface area (Å²) in [7, 11) is 0. The zero-order chi connectivity index (χ0) is 12.8. The smallest absolute Gasteiger partial charge is 0.0584 e. The van der Waals surface area contributed by atoms with Crippen molar-refractivity contribution in [1.29, 1.82) is 0 Å². The molecular weight excluding hydrogens is 242 g/mol. The number of rotatable bonds is 6. The van der Waals surface area contributed by atoms with Crippen molar-refractivity contribution in [2.45, 2.75) is 25.9 Å². The molecule has 1 aromatic heterocycles. The Morgan fingerprint density at radius 2 is 2.00 bits per heavy atom. The van der Waals surface area contributed by atoms with Crippen LogP contribution in [-0.4, -0.2) is 17.8 Å². The average Bonchev–Trinajstić information content (AvgIpc) is 2.90. The SMILES string of the molecule is CC[C@H](CO)NCc1cc(-c2ccccc2)cs1. The molecule has 2 nitrogen and oxygen atoms in total. The van der Waals surface area contributed by atoms with E-state index in [-0.39, 0.29) is 12.6 Å². The molecule has 1 heterocycles. The van der Waals surface area contributed by atoms with Crippen LogP contribution in [0.4, 0.5) is 0 Å². The predicted octanol–water partition coefficient (Wildman–Crippen LogP) is 3.28. The fourth-order valence-electron chi connectivity index (χ4n) is 1.84. The highest BCUT2D eigenvalue weighted by molar-refractivity contribution is 7.10. The lowest BCUT2D eigenvalue weighted by molar-refractivity contribution is 0.238. The van der Waals surface area contributed by atoms with Gasteiger partial charge in [0.15, 0.2) is 0 Å². The van der Waals surface area contributed by atoms with Crippen LogP contribution in [0.3, 0.4) is 0 Å². The van der Waals surface area contributed by atoms with Gasteiger partial charge < -0.3 is 10.4 Å². The van der Waals surface area contributed by atoms with Crippen molar-refractivity contribution in [2.24, 2.45) is 0 Å². The minimum Gasteiger partial charge on any atom is -0.395 e. The van der Waals surface area contributed by atoms with Crippen LogP contribution in [0.2, 0.25) is 0 Å². The molecule has 0 radical (unpaired) electrons. The number of benzene rings is 1. The van der Waals surface area contributed by atoms with Crippen LogP contribution < -0.4 is 5.32 Å². The molecule has 2 rings (SSSR count). The molecular formula is C15H19NOS. The minimum absolute atomic E-state index is 0.201. The molecule has 0 aliphatic carbocycles. The van der Waals surface area contributed by atoms with Crippen LogP contribution in [-0.2, 0) is 6.54 Å². The molecule has 0 unspecified atom stereocenters. The molecule has 0 aliphatic heterocycles. The molecule has 0 aliphatic rings. The summed E-state index contributed by atoms with van der Waals surface area (Å²) in [4.78, 5) is 1.31. The lowest BCUT2D eigenvalue weighted by atomic mass is 10.1. The monoisotopic (exact) mass is 261 g/mol. The molecule has 96 valence electrons. The predicted molar refractivity (Wildman–Crippen MR) is 77.8 cm³/mol. The maximum absolute atomic E-state index is 9.13. The number of thiophene rings is 1. The Morgan fingerprint density at radius 1 is 1.22 bits per heavy atom. The van der Waals surface area contributed by atoms with Crippen molar-refractivity contribution in [1.82, 2.24) is 5.32 Å². The van der Waals surface area contributed by atoms with E-state index in [4.69, 9.17) is 5.11 Å². The van der Waals surface area contributed by atoms with E-state index in [0.29, 0.717) is 0 Å². The molecule has 18 heavy (non-hydrogen) atoms. The van der Waals surface area contributed by atoms with E-state index in [2.05, 4.69) is 48.0 Å². The van der Waals surface area contributed by atoms with Crippen molar-refractivity contribution in [3.8, 4) is 11.1 Å². The maximum Gasteiger partial charge on any atom is 0.0584 e. The van der Waals surface area contributed by atoms with E-state index < -0.39 is 0 Å². The molecule has 0 amide bonds. The Labute approximate surface area is 112 Å². The van der Waals surface area contributed by atoms with Crippen molar-refractivity contribution in [3.63, 3.8) is 0 Å². The van der Waals surface area contributed by atoms with Crippen LogP contribution in [0.5, 0.6) is 0 Å². The summed E-state index contributed by atoms with van der Waals surface area (Å²) in [5, 5.41) is 14.7. The summed E-state index contributed by atoms with van der Waals surface area (Å²) in [5.41, 5.74) is 2.53. The highest BCUT2D eigenvalue weighted by atomic mass is 32.1. The van der Waals surface area contributed by atoms with Gasteiger partial charge in [0.05, 0.1) is 6.61 Å². The topological polar surface area (TPSA) is 32.3 Å². The van der Waals surface area contributed by atoms with E-state index in [1.807, 2.05) is 6.07 Å². The van der Waals surface area contributed by atoms with Gasteiger partial charge in [0.1, 0.15) is 0 Å². The first-order chi connectivity index (χ1) is 8.83. The fourth-order valence-corrected chi connectivity index (χ4v) is 2.68. The first-order valence-corrected chi connectivity index (χ1v) is 7.18. The Morgan fingerprint density at radius 3 is 2.67 bits per heavy atom. The summed E-state index contributed by atoms with van der Waals surface area (Å²) in [6, 6.07) is 12.8. The van der Waals surface area contributed by atoms with Crippen molar-refractivity contribution in [2.75, 3.05) is 6.61 Å². The van der Waals surface area contributed by atoms with Crippen molar-refractivity contribution in [3.05, 3.63) is 46.7 Å². The van der Waals surface area contributed by atoms with Crippen molar-refractivity contribution >= 4 is 11.3 Å². The van der Waals surface area contributed by atoms with E-state index in [1.54, 1.807) is 11.3 Å². The molecule has 0 saturated heterocycles.